The van der Waals surface area contributed by atoms with Gasteiger partial charge in [0.25, 0.3) is 0 Å². The van der Waals surface area contributed by atoms with Crippen LogP contribution in [0.3, 0.4) is 0 Å². The molecule has 0 saturated carbocycles. The Kier molecular flexibility index (Phi) is 7.37. The predicted molar refractivity (Wildman–Crippen MR) is 104 cm³/mol. The summed E-state index contributed by atoms with van der Waals surface area (Å²) in [7, 11) is 1.84. The van der Waals surface area contributed by atoms with E-state index in [9.17, 15) is 0 Å². The second kappa shape index (κ2) is 9.52. The van der Waals surface area contributed by atoms with Crippen LogP contribution in [0.25, 0.3) is 0 Å². The third kappa shape index (κ3) is 5.71. The van der Waals surface area contributed by atoms with Crippen molar-refractivity contribution in [2.75, 3.05) is 38.5 Å². The van der Waals surface area contributed by atoms with Crippen LogP contribution in [0.15, 0.2) is 35.3 Å². The smallest absolute Gasteiger partial charge is 0.191 e. The fraction of sp³-hybridized carbons (Fsp3) is 0.632. The van der Waals surface area contributed by atoms with Crippen LogP contribution < -0.4 is 16.0 Å². The summed E-state index contributed by atoms with van der Waals surface area (Å²) in [5.74, 6) is 1.56. The monoisotopic (exact) mass is 331 g/mol. The minimum atomic E-state index is 0.473. The Balaban J connectivity index is 1.66. The summed E-state index contributed by atoms with van der Waals surface area (Å²) in [4.78, 5) is 6.89. The number of aliphatic imine (C=N–C) groups is 1. The molecule has 0 aliphatic carbocycles. The van der Waals surface area contributed by atoms with E-state index in [0.29, 0.717) is 18.0 Å². The first-order chi connectivity index (χ1) is 11.6. The van der Waals surface area contributed by atoms with Gasteiger partial charge < -0.3 is 16.0 Å². The summed E-state index contributed by atoms with van der Waals surface area (Å²) >= 11 is 0. The third-order valence-electron chi connectivity index (χ3n) is 4.67. The molecule has 1 aliphatic rings. The highest BCUT2D eigenvalue weighted by atomic mass is 15.3. The maximum Gasteiger partial charge on any atom is 0.191 e. The lowest BCUT2D eigenvalue weighted by Gasteiger charge is -2.22. The van der Waals surface area contributed by atoms with Crippen molar-refractivity contribution in [3.63, 3.8) is 0 Å². The molecule has 0 bridgehead atoms. The maximum absolute atomic E-state index is 4.37. The van der Waals surface area contributed by atoms with Crippen molar-refractivity contribution in [2.24, 2.45) is 10.9 Å². The number of para-hydroxylation sites is 1. The molecule has 2 rings (SSSR count). The molecule has 0 spiro atoms. The molecule has 1 saturated heterocycles. The van der Waals surface area contributed by atoms with Crippen LogP contribution in [0, 0.1) is 5.92 Å². The van der Waals surface area contributed by atoms with Crippen LogP contribution in [-0.2, 0) is 0 Å². The fourth-order valence-corrected chi connectivity index (χ4v) is 3.07. The van der Waals surface area contributed by atoms with Gasteiger partial charge in [0.2, 0.25) is 0 Å². The number of rotatable bonds is 7. The molecule has 3 N–H and O–H groups in total. The normalized spacial score (nSPS) is 22.0. The number of hydrogen-bond acceptors (Lipinski definition) is 3. The highest BCUT2D eigenvalue weighted by molar-refractivity contribution is 5.80. The molecule has 1 aliphatic heterocycles. The highest BCUT2D eigenvalue weighted by Crippen LogP contribution is 2.18. The van der Waals surface area contributed by atoms with Gasteiger partial charge in [-0.05, 0) is 38.3 Å². The molecule has 2 unspecified atom stereocenters. The van der Waals surface area contributed by atoms with Crippen LogP contribution in [0.1, 0.15) is 27.2 Å². The lowest BCUT2D eigenvalue weighted by atomic mass is 10.1. The molecule has 134 valence electrons. The van der Waals surface area contributed by atoms with Gasteiger partial charge in [0.15, 0.2) is 5.96 Å². The number of benzene rings is 1. The van der Waals surface area contributed by atoms with E-state index in [-0.39, 0.29) is 0 Å². The van der Waals surface area contributed by atoms with Crippen LogP contribution >= 0.6 is 0 Å². The van der Waals surface area contributed by atoms with E-state index in [1.807, 2.05) is 13.1 Å². The molecule has 1 aromatic carbocycles. The largest absolute Gasteiger partial charge is 0.385 e. The van der Waals surface area contributed by atoms with E-state index in [0.717, 1.165) is 38.6 Å². The van der Waals surface area contributed by atoms with Gasteiger partial charge >= 0.3 is 0 Å². The van der Waals surface area contributed by atoms with Gasteiger partial charge in [-0.25, -0.2) is 0 Å². The fourth-order valence-electron chi connectivity index (χ4n) is 3.07. The summed E-state index contributed by atoms with van der Waals surface area (Å²) in [5.41, 5.74) is 1.17. The molecule has 1 heterocycles. The van der Waals surface area contributed by atoms with Crippen molar-refractivity contribution >= 4 is 11.6 Å². The minimum absolute atomic E-state index is 0.473. The standard InChI is InChI=1S/C19H33N5/c1-15(2)24-13-16(3)18(14-24)23-19(20-4)22-12-8-11-21-17-9-6-5-7-10-17/h5-7,9-10,15-16,18,21H,8,11-14H2,1-4H3,(H2,20,22,23). The van der Waals surface area contributed by atoms with E-state index in [2.05, 4.69) is 70.9 Å². The van der Waals surface area contributed by atoms with E-state index in [4.69, 9.17) is 0 Å². The summed E-state index contributed by atoms with van der Waals surface area (Å²) in [6, 6.07) is 11.4. The Labute approximate surface area is 146 Å². The van der Waals surface area contributed by atoms with Crippen LogP contribution in [0.5, 0.6) is 0 Å². The number of nitrogens with zero attached hydrogens (tertiary/aromatic N) is 2. The van der Waals surface area contributed by atoms with Crippen molar-refractivity contribution in [3.8, 4) is 0 Å². The van der Waals surface area contributed by atoms with Gasteiger partial charge in [0.05, 0.1) is 0 Å². The molecule has 2 atom stereocenters. The van der Waals surface area contributed by atoms with E-state index in [1.54, 1.807) is 0 Å². The molecular weight excluding hydrogens is 298 g/mol. The van der Waals surface area contributed by atoms with Crippen molar-refractivity contribution < 1.29 is 0 Å². The molecule has 5 heteroatoms. The highest BCUT2D eigenvalue weighted by Gasteiger charge is 2.31. The summed E-state index contributed by atoms with van der Waals surface area (Å²) in [5, 5.41) is 10.4. The number of hydrogen-bond donors (Lipinski definition) is 3. The third-order valence-corrected chi connectivity index (χ3v) is 4.67. The predicted octanol–water partition coefficient (Wildman–Crippen LogP) is 2.38. The van der Waals surface area contributed by atoms with Gasteiger partial charge in [-0.3, -0.25) is 9.89 Å². The van der Waals surface area contributed by atoms with Gasteiger partial charge in [-0.15, -0.1) is 0 Å². The molecule has 0 aromatic heterocycles. The molecule has 1 fully saturated rings. The summed E-state index contributed by atoms with van der Waals surface area (Å²) in [6.45, 7) is 11.0. The number of nitrogens with one attached hydrogen (secondary N) is 3. The van der Waals surface area contributed by atoms with Gasteiger partial charge in [0.1, 0.15) is 0 Å². The molecule has 0 amide bonds. The topological polar surface area (TPSA) is 51.7 Å². The Morgan fingerprint density at radius 1 is 1.21 bits per heavy atom. The molecule has 0 radical (unpaired) electrons. The van der Waals surface area contributed by atoms with E-state index < -0.39 is 0 Å². The number of guanidine groups is 1. The second-order valence-electron chi connectivity index (χ2n) is 6.92. The van der Waals surface area contributed by atoms with Gasteiger partial charge in [-0.2, -0.15) is 0 Å². The molecular formula is C19H33N5. The van der Waals surface area contributed by atoms with Crippen molar-refractivity contribution in [2.45, 2.75) is 39.3 Å². The van der Waals surface area contributed by atoms with Crippen LogP contribution in [0.2, 0.25) is 0 Å². The Morgan fingerprint density at radius 3 is 2.58 bits per heavy atom. The van der Waals surface area contributed by atoms with Gasteiger partial charge in [-0.1, -0.05) is 25.1 Å². The summed E-state index contributed by atoms with van der Waals surface area (Å²) in [6.07, 6.45) is 1.05. The molecule has 5 nitrogen and oxygen atoms in total. The van der Waals surface area contributed by atoms with Gasteiger partial charge in [0, 0.05) is 51.0 Å². The van der Waals surface area contributed by atoms with Crippen molar-refractivity contribution in [1.29, 1.82) is 0 Å². The van der Waals surface area contributed by atoms with Crippen LogP contribution in [0.4, 0.5) is 5.69 Å². The molecule has 24 heavy (non-hydrogen) atoms. The SMILES string of the molecule is CN=C(NCCCNc1ccccc1)NC1CN(C(C)C)CC1C. The first-order valence-electron chi connectivity index (χ1n) is 9.10. The van der Waals surface area contributed by atoms with Crippen molar-refractivity contribution in [1.82, 2.24) is 15.5 Å². The zero-order valence-corrected chi connectivity index (χ0v) is 15.5. The molecule has 1 aromatic rings. The lowest BCUT2D eigenvalue weighted by molar-refractivity contribution is 0.265. The Morgan fingerprint density at radius 2 is 1.96 bits per heavy atom. The zero-order chi connectivity index (χ0) is 17.4. The van der Waals surface area contributed by atoms with E-state index in [1.165, 1.54) is 5.69 Å². The van der Waals surface area contributed by atoms with Crippen LogP contribution in [-0.4, -0.2) is 56.2 Å². The average molecular weight is 332 g/mol. The first kappa shape index (κ1) is 18.6. The lowest BCUT2D eigenvalue weighted by Crippen LogP contribution is -2.47. The zero-order valence-electron chi connectivity index (χ0n) is 15.5. The maximum atomic E-state index is 4.37. The second-order valence-corrected chi connectivity index (χ2v) is 6.92. The van der Waals surface area contributed by atoms with E-state index >= 15 is 0 Å². The summed E-state index contributed by atoms with van der Waals surface area (Å²) < 4.78 is 0. The number of likely N-dealkylation sites (tertiary alicyclic amines) is 1. The van der Waals surface area contributed by atoms with Crippen molar-refractivity contribution in [3.05, 3.63) is 30.3 Å². The minimum Gasteiger partial charge on any atom is -0.385 e. The number of anilines is 1. The first-order valence-corrected chi connectivity index (χ1v) is 9.10. The quantitative estimate of drug-likeness (QED) is 0.408. The Bertz CT molecular complexity index is 500. The Hall–Kier alpha value is -1.75. The average Bonchev–Trinajstić information content (AvgIpc) is 2.95.